The van der Waals surface area contributed by atoms with Gasteiger partial charge in [0, 0.05) is 26.1 Å². The fourth-order valence-electron chi connectivity index (χ4n) is 2.01. The summed E-state index contributed by atoms with van der Waals surface area (Å²) in [6.45, 7) is 4.63. The largest absolute Gasteiger partial charge is 0.489 e. The Kier molecular flexibility index (Phi) is 4.19. The highest BCUT2D eigenvalue weighted by molar-refractivity contribution is 5.21. The second kappa shape index (κ2) is 5.87. The molecule has 1 fully saturated rings. The van der Waals surface area contributed by atoms with Crippen molar-refractivity contribution in [1.82, 2.24) is 5.32 Å². The predicted molar refractivity (Wildman–Crippen MR) is 63.8 cm³/mol. The van der Waals surface area contributed by atoms with Crippen LogP contribution in [0.4, 0.5) is 0 Å². The molecule has 1 aromatic rings. The molecule has 2 atom stereocenters. The van der Waals surface area contributed by atoms with Crippen LogP contribution in [-0.4, -0.2) is 31.9 Å². The van der Waals surface area contributed by atoms with E-state index in [1.807, 2.05) is 37.3 Å². The van der Waals surface area contributed by atoms with Gasteiger partial charge in [-0.25, -0.2) is 0 Å². The van der Waals surface area contributed by atoms with E-state index < -0.39 is 0 Å². The van der Waals surface area contributed by atoms with Crippen molar-refractivity contribution < 1.29 is 9.47 Å². The van der Waals surface area contributed by atoms with Crippen molar-refractivity contribution in [3.63, 3.8) is 0 Å². The van der Waals surface area contributed by atoms with Crippen LogP contribution in [0.5, 0.6) is 5.75 Å². The minimum Gasteiger partial charge on any atom is -0.489 e. The molecule has 16 heavy (non-hydrogen) atoms. The quantitative estimate of drug-likeness (QED) is 0.841. The lowest BCUT2D eigenvalue weighted by molar-refractivity contribution is 0.00838. The number of hydrogen-bond acceptors (Lipinski definition) is 3. The minimum atomic E-state index is 0.215. The summed E-state index contributed by atoms with van der Waals surface area (Å²) in [5.74, 6) is 0.937. The summed E-state index contributed by atoms with van der Waals surface area (Å²) in [6.07, 6.45) is 1.47. The fraction of sp³-hybridized carbons (Fsp3) is 0.538. The number of benzene rings is 1. The zero-order valence-corrected chi connectivity index (χ0v) is 9.69. The summed E-state index contributed by atoms with van der Waals surface area (Å²) in [5, 5.41) is 3.34. The van der Waals surface area contributed by atoms with Crippen LogP contribution in [0.25, 0.3) is 0 Å². The van der Waals surface area contributed by atoms with E-state index in [2.05, 4.69) is 5.32 Å². The number of ether oxygens (including phenoxy) is 2. The van der Waals surface area contributed by atoms with Crippen LogP contribution in [0, 0.1) is 0 Å². The van der Waals surface area contributed by atoms with E-state index in [0.717, 1.165) is 31.9 Å². The molecule has 0 unspecified atom stereocenters. The Morgan fingerprint density at radius 2 is 1.94 bits per heavy atom. The van der Waals surface area contributed by atoms with Gasteiger partial charge in [0.1, 0.15) is 11.9 Å². The van der Waals surface area contributed by atoms with E-state index in [0.29, 0.717) is 0 Å². The average Bonchev–Trinajstić information content (AvgIpc) is 2.31. The highest BCUT2D eigenvalue weighted by atomic mass is 16.5. The van der Waals surface area contributed by atoms with Crippen LogP contribution in [0.2, 0.25) is 0 Å². The Morgan fingerprint density at radius 1 is 1.19 bits per heavy atom. The van der Waals surface area contributed by atoms with Gasteiger partial charge in [-0.1, -0.05) is 18.2 Å². The maximum absolute atomic E-state index is 5.89. The molecule has 88 valence electrons. The van der Waals surface area contributed by atoms with E-state index in [-0.39, 0.29) is 12.2 Å². The Hall–Kier alpha value is -1.06. The third-order valence-electron chi connectivity index (χ3n) is 2.72. The van der Waals surface area contributed by atoms with Gasteiger partial charge in [0.15, 0.2) is 0 Å². The number of piperidine rings is 1. The first-order chi connectivity index (χ1) is 7.88. The summed E-state index contributed by atoms with van der Waals surface area (Å²) >= 11 is 0. The van der Waals surface area contributed by atoms with Crippen molar-refractivity contribution in [3.05, 3.63) is 30.3 Å². The van der Waals surface area contributed by atoms with Gasteiger partial charge in [0.2, 0.25) is 0 Å². The van der Waals surface area contributed by atoms with Crippen molar-refractivity contribution in [2.75, 3.05) is 19.7 Å². The molecule has 0 bridgehead atoms. The molecule has 1 heterocycles. The molecule has 1 aliphatic rings. The van der Waals surface area contributed by atoms with Gasteiger partial charge < -0.3 is 14.8 Å². The van der Waals surface area contributed by atoms with Crippen LogP contribution >= 0.6 is 0 Å². The zero-order chi connectivity index (χ0) is 11.2. The summed E-state index contributed by atoms with van der Waals surface area (Å²) in [6, 6.07) is 9.96. The molecule has 1 saturated heterocycles. The van der Waals surface area contributed by atoms with Crippen LogP contribution in [-0.2, 0) is 4.74 Å². The first-order valence-electron chi connectivity index (χ1n) is 5.92. The van der Waals surface area contributed by atoms with Gasteiger partial charge in [-0.3, -0.25) is 0 Å². The third-order valence-corrected chi connectivity index (χ3v) is 2.72. The lowest BCUT2D eigenvalue weighted by Gasteiger charge is -2.30. The molecule has 0 amide bonds. The van der Waals surface area contributed by atoms with Crippen molar-refractivity contribution in [2.24, 2.45) is 0 Å². The summed E-state index contributed by atoms with van der Waals surface area (Å²) in [5.41, 5.74) is 0. The van der Waals surface area contributed by atoms with E-state index in [1.165, 1.54) is 0 Å². The summed E-state index contributed by atoms with van der Waals surface area (Å²) in [4.78, 5) is 0. The van der Waals surface area contributed by atoms with E-state index in [4.69, 9.17) is 9.47 Å². The van der Waals surface area contributed by atoms with Crippen LogP contribution in [0.3, 0.4) is 0 Å². The molecule has 3 heteroatoms. The van der Waals surface area contributed by atoms with Crippen LogP contribution < -0.4 is 10.1 Å². The second-order valence-corrected chi connectivity index (χ2v) is 4.02. The maximum Gasteiger partial charge on any atom is 0.119 e. The maximum atomic E-state index is 5.89. The van der Waals surface area contributed by atoms with Crippen LogP contribution in [0.1, 0.15) is 13.3 Å². The number of hydrogen-bond donors (Lipinski definition) is 1. The Morgan fingerprint density at radius 3 is 2.69 bits per heavy atom. The standard InChI is InChI=1S/C13H19NO2/c1-2-15-12-8-13(10-14-9-12)16-11-6-4-3-5-7-11/h3-7,12-14H,2,8-10H2,1H3/t12-,13-/m1/s1. The normalized spacial score (nSPS) is 25.3. The van der Waals surface area contributed by atoms with Gasteiger partial charge in [0.25, 0.3) is 0 Å². The van der Waals surface area contributed by atoms with Crippen molar-refractivity contribution in [2.45, 2.75) is 25.6 Å². The Bertz CT molecular complexity index is 300. The van der Waals surface area contributed by atoms with Gasteiger partial charge in [0.05, 0.1) is 6.10 Å². The average molecular weight is 221 g/mol. The minimum absolute atomic E-state index is 0.215. The Balaban J connectivity index is 1.85. The fourth-order valence-corrected chi connectivity index (χ4v) is 2.01. The molecule has 0 aliphatic carbocycles. The molecular weight excluding hydrogens is 202 g/mol. The molecule has 1 aromatic carbocycles. The van der Waals surface area contributed by atoms with Gasteiger partial charge in [-0.05, 0) is 19.1 Å². The van der Waals surface area contributed by atoms with Crippen molar-refractivity contribution in [1.29, 1.82) is 0 Å². The molecule has 0 radical (unpaired) electrons. The zero-order valence-electron chi connectivity index (χ0n) is 9.69. The molecule has 1 aliphatic heterocycles. The monoisotopic (exact) mass is 221 g/mol. The summed E-state index contributed by atoms with van der Waals surface area (Å²) < 4.78 is 11.5. The van der Waals surface area contributed by atoms with Crippen molar-refractivity contribution >= 4 is 0 Å². The van der Waals surface area contributed by atoms with E-state index in [1.54, 1.807) is 0 Å². The molecule has 2 rings (SSSR count). The summed E-state index contributed by atoms with van der Waals surface area (Å²) in [7, 11) is 0. The number of para-hydroxylation sites is 1. The van der Waals surface area contributed by atoms with E-state index in [9.17, 15) is 0 Å². The van der Waals surface area contributed by atoms with Gasteiger partial charge >= 0.3 is 0 Å². The number of nitrogens with one attached hydrogen (secondary N) is 1. The lowest BCUT2D eigenvalue weighted by Crippen LogP contribution is -2.45. The highest BCUT2D eigenvalue weighted by Crippen LogP contribution is 2.16. The third kappa shape index (κ3) is 3.22. The van der Waals surface area contributed by atoms with E-state index >= 15 is 0 Å². The second-order valence-electron chi connectivity index (χ2n) is 4.02. The lowest BCUT2D eigenvalue weighted by atomic mass is 10.1. The SMILES string of the molecule is CCO[C@H]1CNC[C@H](Oc2ccccc2)C1. The smallest absolute Gasteiger partial charge is 0.119 e. The molecule has 0 saturated carbocycles. The molecule has 3 nitrogen and oxygen atoms in total. The first kappa shape index (κ1) is 11.4. The first-order valence-corrected chi connectivity index (χ1v) is 5.92. The predicted octanol–water partition coefficient (Wildman–Crippen LogP) is 1.83. The van der Waals surface area contributed by atoms with Gasteiger partial charge in [-0.2, -0.15) is 0 Å². The molecule has 0 aromatic heterocycles. The highest BCUT2D eigenvalue weighted by Gasteiger charge is 2.22. The van der Waals surface area contributed by atoms with Crippen LogP contribution in [0.15, 0.2) is 30.3 Å². The van der Waals surface area contributed by atoms with Crippen molar-refractivity contribution in [3.8, 4) is 5.75 Å². The molecule has 0 spiro atoms. The molecular formula is C13H19NO2. The Labute approximate surface area is 96.8 Å². The topological polar surface area (TPSA) is 30.5 Å². The molecule has 1 N–H and O–H groups in total. The number of rotatable bonds is 4. The van der Waals surface area contributed by atoms with Gasteiger partial charge in [-0.15, -0.1) is 0 Å².